The second kappa shape index (κ2) is 10.4. The summed E-state index contributed by atoms with van der Waals surface area (Å²) in [4.78, 5) is 31.1. The molecule has 0 bridgehead atoms. The molecule has 0 atom stereocenters. The number of hydrogen-bond donors (Lipinski definition) is 2. The standard InChI is InChI=1S/C15H20F3N5O3.HI/c1-19-14(20-9-12(24)21-10-15(16,17)18)23-6-4-22(5-7-23)13(25)11-3-2-8-26-11;/h2-3,8H,4-7,9-10H2,1H3,(H,19,20)(H,21,24);1H. The second-order valence-electron chi connectivity index (χ2n) is 5.55. The van der Waals surface area contributed by atoms with Crippen molar-refractivity contribution in [2.75, 3.05) is 46.3 Å². The molecule has 2 heterocycles. The number of piperazine rings is 1. The number of halogens is 4. The highest BCUT2D eigenvalue weighted by molar-refractivity contribution is 14.0. The van der Waals surface area contributed by atoms with Crippen molar-refractivity contribution in [1.29, 1.82) is 0 Å². The molecule has 12 heteroatoms. The van der Waals surface area contributed by atoms with E-state index in [1.165, 1.54) is 13.3 Å². The molecule has 0 aromatic carbocycles. The van der Waals surface area contributed by atoms with Crippen molar-refractivity contribution in [2.24, 2.45) is 4.99 Å². The number of hydrogen-bond acceptors (Lipinski definition) is 4. The Kier molecular flexibility index (Phi) is 8.85. The quantitative estimate of drug-likeness (QED) is 0.363. The summed E-state index contributed by atoms with van der Waals surface area (Å²) in [6.45, 7) is 0.0988. The maximum absolute atomic E-state index is 12.2. The predicted molar refractivity (Wildman–Crippen MR) is 102 cm³/mol. The van der Waals surface area contributed by atoms with Gasteiger partial charge in [0.2, 0.25) is 5.91 Å². The lowest BCUT2D eigenvalue weighted by Gasteiger charge is -2.36. The van der Waals surface area contributed by atoms with Gasteiger partial charge in [-0.3, -0.25) is 14.6 Å². The van der Waals surface area contributed by atoms with Crippen molar-refractivity contribution >= 4 is 41.8 Å². The van der Waals surface area contributed by atoms with E-state index in [0.717, 1.165) is 0 Å². The monoisotopic (exact) mass is 503 g/mol. The van der Waals surface area contributed by atoms with Crippen LogP contribution in [-0.4, -0.2) is 80.1 Å². The smallest absolute Gasteiger partial charge is 0.405 e. The lowest BCUT2D eigenvalue weighted by molar-refractivity contribution is -0.137. The second-order valence-corrected chi connectivity index (χ2v) is 5.55. The molecule has 27 heavy (non-hydrogen) atoms. The fourth-order valence-corrected chi connectivity index (χ4v) is 2.43. The zero-order valence-corrected chi connectivity index (χ0v) is 16.9. The molecule has 1 aliphatic rings. The van der Waals surface area contributed by atoms with Crippen LogP contribution in [0.25, 0.3) is 0 Å². The Bertz CT molecular complexity index is 644. The summed E-state index contributed by atoms with van der Waals surface area (Å²) < 4.78 is 41.3. The SMILES string of the molecule is CN=C(NCC(=O)NCC(F)(F)F)N1CCN(C(=O)c2ccco2)CC1.I. The molecule has 0 unspecified atom stereocenters. The molecule has 152 valence electrons. The van der Waals surface area contributed by atoms with E-state index in [2.05, 4.69) is 10.3 Å². The minimum absolute atomic E-state index is 0. The van der Waals surface area contributed by atoms with E-state index in [1.54, 1.807) is 22.3 Å². The van der Waals surface area contributed by atoms with Gasteiger partial charge in [0.05, 0.1) is 12.8 Å². The van der Waals surface area contributed by atoms with Crippen LogP contribution in [0.3, 0.4) is 0 Å². The topological polar surface area (TPSA) is 90.2 Å². The Morgan fingerprint density at radius 3 is 2.33 bits per heavy atom. The maximum atomic E-state index is 12.2. The molecule has 0 saturated carbocycles. The van der Waals surface area contributed by atoms with Gasteiger partial charge in [-0.25, -0.2) is 0 Å². The highest BCUT2D eigenvalue weighted by Gasteiger charge is 2.28. The Hall–Kier alpha value is -1.99. The van der Waals surface area contributed by atoms with Crippen molar-refractivity contribution in [1.82, 2.24) is 20.4 Å². The van der Waals surface area contributed by atoms with Crippen LogP contribution in [0.1, 0.15) is 10.6 Å². The van der Waals surface area contributed by atoms with Gasteiger partial charge in [-0.1, -0.05) is 0 Å². The lowest BCUT2D eigenvalue weighted by atomic mass is 10.3. The summed E-state index contributed by atoms with van der Waals surface area (Å²) in [6, 6.07) is 3.23. The summed E-state index contributed by atoms with van der Waals surface area (Å²) in [5, 5.41) is 4.50. The molecule has 1 fully saturated rings. The molecule has 2 rings (SSSR count). The third-order valence-electron chi connectivity index (χ3n) is 3.70. The Labute approximate surface area is 171 Å². The van der Waals surface area contributed by atoms with E-state index in [-0.39, 0.29) is 42.2 Å². The van der Waals surface area contributed by atoms with E-state index < -0.39 is 18.6 Å². The average molecular weight is 503 g/mol. The number of amides is 2. The number of aliphatic imine (C=N–C) groups is 1. The van der Waals surface area contributed by atoms with Crippen LogP contribution in [0.5, 0.6) is 0 Å². The summed E-state index contributed by atoms with van der Waals surface area (Å²) in [5.41, 5.74) is 0. The van der Waals surface area contributed by atoms with Crippen molar-refractivity contribution < 1.29 is 27.2 Å². The Morgan fingerprint density at radius 2 is 1.81 bits per heavy atom. The number of carbonyl (C=O) groups excluding carboxylic acids is 2. The maximum Gasteiger partial charge on any atom is 0.405 e. The molecule has 2 amide bonds. The van der Waals surface area contributed by atoms with Crippen LogP contribution < -0.4 is 10.6 Å². The minimum Gasteiger partial charge on any atom is -0.459 e. The van der Waals surface area contributed by atoms with E-state index in [1.807, 2.05) is 4.90 Å². The molecule has 1 saturated heterocycles. The van der Waals surface area contributed by atoms with E-state index in [9.17, 15) is 22.8 Å². The first kappa shape index (κ1) is 23.0. The van der Waals surface area contributed by atoms with E-state index in [0.29, 0.717) is 32.1 Å². The third kappa shape index (κ3) is 7.27. The number of guanidine groups is 1. The van der Waals surface area contributed by atoms with Crippen LogP contribution in [0.2, 0.25) is 0 Å². The summed E-state index contributed by atoms with van der Waals surface area (Å²) in [5.74, 6) is -0.334. The minimum atomic E-state index is -4.45. The summed E-state index contributed by atoms with van der Waals surface area (Å²) in [6.07, 6.45) is -3.02. The summed E-state index contributed by atoms with van der Waals surface area (Å²) >= 11 is 0. The van der Waals surface area contributed by atoms with Gasteiger partial charge in [0.25, 0.3) is 5.91 Å². The molecule has 0 radical (unpaired) electrons. The van der Waals surface area contributed by atoms with Crippen molar-refractivity contribution in [2.45, 2.75) is 6.18 Å². The lowest BCUT2D eigenvalue weighted by Crippen LogP contribution is -2.54. The molecular weight excluding hydrogens is 482 g/mol. The first-order valence-corrected chi connectivity index (χ1v) is 7.92. The Balaban J connectivity index is 0.00000364. The molecule has 1 aromatic rings. The zero-order chi connectivity index (χ0) is 19.2. The van der Waals surface area contributed by atoms with Crippen LogP contribution >= 0.6 is 24.0 Å². The van der Waals surface area contributed by atoms with Gasteiger partial charge < -0.3 is 24.9 Å². The molecule has 8 nitrogen and oxygen atoms in total. The molecule has 1 aliphatic heterocycles. The van der Waals surface area contributed by atoms with E-state index in [4.69, 9.17) is 4.42 Å². The average Bonchev–Trinajstić information content (AvgIpc) is 3.14. The zero-order valence-electron chi connectivity index (χ0n) is 14.6. The number of carbonyl (C=O) groups is 2. The van der Waals surface area contributed by atoms with E-state index >= 15 is 0 Å². The normalized spacial score (nSPS) is 15.2. The number of rotatable bonds is 4. The van der Waals surface area contributed by atoms with Gasteiger partial charge >= 0.3 is 6.18 Å². The first-order valence-electron chi connectivity index (χ1n) is 7.92. The van der Waals surface area contributed by atoms with Gasteiger partial charge in [0, 0.05) is 33.2 Å². The van der Waals surface area contributed by atoms with Gasteiger partial charge in [0.1, 0.15) is 6.54 Å². The largest absolute Gasteiger partial charge is 0.459 e. The van der Waals surface area contributed by atoms with Gasteiger partial charge in [-0.05, 0) is 12.1 Å². The summed E-state index contributed by atoms with van der Waals surface area (Å²) in [7, 11) is 1.51. The molecule has 1 aromatic heterocycles. The highest BCUT2D eigenvalue weighted by Crippen LogP contribution is 2.12. The molecule has 0 spiro atoms. The third-order valence-corrected chi connectivity index (χ3v) is 3.70. The van der Waals surface area contributed by atoms with Crippen LogP contribution in [0.15, 0.2) is 27.8 Å². The number of furan rings is 1. The van der Waals surface area contributed by atoms with Gasteiger partial charge in [0.15, 0.2) is 11.7 Å². The van der Waals surface area contributed by atoms with Gasteiger partial charge in [-0.15, -0.1) is 24.0 Å². The fourth-order valence-electron chi connectivity index (χ4n) is 2.43. The number of alkyl halides is 3. The highest BCUT2D eigenvalue weighted by atomic mass is 127. The molecule has 0 aliphatic carbocycles. The first-order chi connectivity index (χ1) is 12.3. The number of nitrogens with one attached hydrogen (secondary N) is 2. The molecular formula is C15H21F3IN5O3. The van der Waals surface area contributed by atoms with Crippen LogP contribution in [0, 0.1) is 0 Å². The van der Waals surface area contributed by atoms with Gasteiger partial charge in [-0.2, -0.15) is 13.2 Å². The van der Waals surface area contributed by atoms with Crippen molar-refractivity contribution in [3.05, 3.63) is 24.2 Å². The predicted octanol–water partition coefficient (Wildman–Crippen LogP) is 0.909. The number of nitrogens with zero attached hydrogens (tertiary/aromatic N) is 3. The van der Waals surface area contributed by atoms with Crippen molar-refractivity contribution in [3.8, 4) is 0 Å². The Morgan fingerprint density at radius 1 is 1.19 bits per heavy atom. The fraction of sp³-hybridized carbons (Fsp3) is 0.533. The van der Waals surface area contributed by atoms with Crippen molar-refractivity contribution in [3.63, 3.8) is 0 Å². The van der Waals surface area contributed by atoms with Crippen LogP contribution in [0.4, 0.5) is 13.2 Å². The van der Waals surface area contributed by atoms with Crippen LogP contribution in [-0.2, 0) is 4.79 Å². The molecule has 2 N–H and O–H groups in total.